The number of anilines is 2. The fourth-order valence-electron chi connectivity index (χ4n) is 4.59. The van der Waals surface area contributed by atoms with Crippen molar-refractivity contribution in [3.05, 3.63) is 95.6 Å². The summed E-state index contributed by atoms with van der Waals surface area (Å²) in [5.41, 5.74) is 0.762. The Balaban J connectivity index is 1.62. The highest BCUT2D eigenvalue weighted by atomic mass is 19.4. The third kappa shape index (κ3) is 3.38. The van der Waals surface area contributed by atoms with Gasteiger partial charge in [0.15, 0.2) is 6.10 Å². The standard InChI is InChI=1S/C25H19F3N2O3/c1-15-9-5-6-12-17(15)21-20-22(33-30(21)16-10-3-2-4-11-16)24(32)29(23(20)31)19-14-8-7-13-18(19)25(26,27)28/h2-14,20-22H,1H3/t20-,21+,22-/m0/s1. The van der Waals surface area contributed by atoms with Gasteiger partial charge >= 0.3 is 6.18 Å². The lowest BCUT2D eigenvalue weighted by Crippen LogP contribution is -2.38. The fraction of sp³-hybridized carbons (Fsp3) is 0.200. The molecule has 2 aliphatic heterocycles. The zero-order valence-electron chi connectivity index (χ0n) is 17.5. The SMILES string of the molecule is Cc1ccccc1[C@@H]1[C@@H]2C(=O)N(c3ccccc3C(F)(F)F)C(=O)[C@H]2ON1c1ccccc1. The van der Waals surface area contributed by atoms with E-state index >= 15 is 0 Å². The van der Waals surface area contributed by atoms with Crippen LogP contribution >= 0.6 is 0 Å². The highest BCUT2D eigenvalue weighted by Crippen LogP contribution is 2.49. The lowest BCUT2D eigenvalue weighted by molar-refractivity contribution is -0.137. The van der Waals surface area contributed by atoms with Gasteiger partial charge in [-0.1, -0.05) is 54.6 Å². The van der Waals surface area contributed by atoms with Gasteiger partial charge in [0, 0.05) is 0 Å². The summed E-state index contributed by atoms with van der Waals surface area (Å²) in [7, 11) is 0. The molecule has 0 spiro atoms. The molecule has 0 bridgehead atoms. The van der Waals surface area contributed by atoms with Gasteiger partial charge in [-0.25, -0.2) is 9.96 Å². The quantitative estimate of drug-likeness (QED) is 0.521. The van der Waals surface area contributed by atoms with E-state index in [2.05, 4.69) is 0 Å². The minimum Gasteiger partial charge on any atom is -0.273 e. The van der Waals surface area contributed by atoms with Gasteiger partial charge in [0.2, 0.25) is 5.91 Å². The molecule has 0 aromatic heterocycles. The van der Waals surface area contributed by atoms with E-state index in [0.717, 1.165) is 23.3 Å². The van der Waals surface area contributed by atoms with Gasteiger partial charge in [-0.15, -0.1) is 0 Å². The van der Waals surface area contributed by atoms with Crippen LogP contribution in [-0.4, -0.2) is 17.9 Å². The number of para-hydroxylation sites is 2. The van der Waals surface area contributed by atoms with Gasteiger partial charge in [-0.05, 0) is 42.3 Å². The number of benzene rings is 3. The van der Waals surface area contributed by atoms with Crippen LogP contribution in [0.15, 0.2) is 78.9 Å². The number of hydrogen-bond acceptors (Lipinski definition) is 4. The van der Waals surface area contributed by atoms with E-state index in [0.29, 0.717) is 10.6 Å². The van der Waals surface area contributed by atoms with E-state index in [9.17, 15) is 22.8 Å². The maximum Gasteiger partial charge on any atom is 0.418 e. The second-order valence-corrected chi connectivity index (χ2v) is 8.04. The smallest absolute Gasteiger partial charge is 0.273 e. The van der Waals surface area contributed by atoms with E-state index in [1.807, 2.05) is 37.3 Å². The van der Waals surface area contributed by atoms with Crippen LogP contribution in [0.4, 0.5) is 24.5 Å². The molecular weight excluding hydrogens is 433 g/mol. The first-order valence-corrected chi connectivity index (χ1v) is 10.4. The molecule has 0 N–H and O–H groups in total. The molecule has 3 aromatic carbocycles. The van der Waals surface area contributed by atoms with E-state index in [-0.39, 0.29) is 0 Å². The van der Waals surface area contributed by atoms with Crippen molar-refractivity contribution >= 4 is 23.2 Å². The maximum absolute atomic E-state index is 13.6. The fourth-order valence-corrected chi connectivity index (χ4v) is 4.59. The van der Waals surface area contributed by atoms with Crippen molar-refractivity contribution in [1.82, 2.24) is 0 Å². The van der Waals surface area contributed by atoms with Gasteiger partial charge in [-0.2, -0.15) is 13.2 Å². The largest absolute Gasteiger partial charge is 0.418 e. The molecule has 0 saturated carbocycles. The Kier molecular flexibility index (Phi) is 4.97. The van der Waals surface area contributed by atoms with Crippen LogP contribution in [0, 0.1) is 12.8 Å². The van der Waals surface area contributed by atoms with Crippen molar-refractivity contribution in [2.75, 3.05) is 9.96 Å². The number of rotatable bonds is 3. The lowest BCUT2D eigenvalue weighted by Gasteiger charge is -2.30. The number of halogens is 3. The molecule has 3 atom stereocenters. The molecule has 2 aliphatic rings. The van der Waals surface area contributed by atoms with Crippen molar-refractivity contribution in [3.63, 3.8) is 0 Å². The Morgan fingerprint density at radius 1 is 0.818 bits per heavy atom. The van der Waals surface area contributed by atoms with E-state index in [1.54, 1.807) is 24.3 Å². The molecule has 5 rings (SSSR count). The van der Waals surface area contributed by atoms with Gasteiger partial charge in [-0.3, -0.25) is 14.4 Å². The summed E-state index contributed by atoms with van der Waals surface area (Å²) in [5.74, 6) is -2.52. The molecule has 33 heavy (non-hydrogen) atoms. The first kappa shape index (κ1) is 21.2. The summed E-state index contributed by atoms with van der Waals surface area (Å²) in [6, 6.07) is 20.3. The summed E-state index contributed by atoms with van der Waals surface area (Å²) in [6.45, 7) is 1.88. The number of imide groups is 1. The molecule has 3 aromatic rings. The number of alkyl halides is 3. The first-order valence-electron chi connectivity index (χ1n) is 10.4. The number of carbonyl (C=O) groups is 2. The molecule has 2 amide bonds. The van der Waals surface area contributed by atoms with Crippen LogP contribution in [0.2, 0.25) is 0 Å². The van der Waals surface area contributed by atoms with Gasteiger partial charge < -0.3 is 0 Å². The molecule has 0 aliphatic carbocycles. The minimum absolute atomic E-state index is 0.479. The number of aryl methyl sites for hydroxylation is 1. The molecule has 2 fully saturated rings. The van der Waals surface area contributed by atoms with Gasteiger partial charge in [0.05, 0.1) is 23.0 Å². The Hall–Kier alpha value is -3.65. The average molecular weight is 452 g/mol. The Morgan fingerprint density at radius 2 is 1.45 bits per heavy atom. The molecule has 2 heterocycles. The summed E-state index contributed by atoms with van der Waals surface area (Å²) in [5, 5.41) is 1.53. The van der Waals surface area contributed by atoms with Crippen LogP contribution < -0.4 is 9.96 Å². The number of amides is 2. The van der Waals surface area contributed by atoms with Crippen molar-refractivity contribution in [3.8, 4) is 0 Å². The maximum atomic E-state index is 13.6. The van der Waals surface area contributed by atoms with Crippen molar-refractivity contribution in [1.29, 1.82) is 0 Å². The Morgan fingerprint density at radius 3 is 2.15 bits per heavy atom. The van der Waals surface area contributed by atoms with Crippen LogP contribution in [0.3, 0.4) is 0 Å². The second kappa shape index (κ2) is 7.74. The summed E-state index contributed by atoms with van der Waals surface area (Å²) < 4.78 is 40.9. The van der Waals surface area contributed by atoms with Gasteiger partial charge in [0.1, 0.15) is 5.92 Å². The zero-order chi connectivity index (χ0) is 23.3. The van der Waals surface area contributed by atoms with Crippen LogP contribution in [-0.2, 0) is 20.6 Å². The first-order chi connectivity index (χ1) is 15.8. The minimum atomic E-state index is -4.72. The second-order valence-electron chi connectivity index (χ2n) is 8.04. The molecule has 8 heteroatoms. The number of hydrogen-bond donors (Lipinski definition) is 0. The summed E-state index contributed by atoms with van der Waals surface area (Å²) in [6.07, 6.45) is -5.95. The Labute approximate surface area is 187 Å². The van der Waals surface area contributed by atoms with Crippen LogP contribution in [0.5, 0.6) is 0 Å². The molecule has 5 nitrogen and oxygen atoms in total. The van der Waals surface area contributed by atoms with Crippen LogP contribution in [0.1, 0.15) is 22.7 Å². The molecule has 0 radical (unpaired) electrons. The molecular formula is C25H19F3N2O3. The van der Waals surface area contributed by atoms with Gasteiger partial charge in [0.25, 0.3) is 5.91 Å². The predicted octanol–water partition coefficient (Wildman–Crippen LogP) is 5.06. The third-order valence-corrected chi connectivity index (χ3v) is 6.08. The lowest BCUT2D eigenvalue weighted by atomic mass is 9.88. The third-order valence-electron chi connectivity index (χ3n) is 6.08. The number of hydroxylamine groups is 1. The topological polar surface area (TPSA) is 49.9 Å². The average Bonchev–Trinajstić information content (AvgIpc) is 3.30. The predicted molar refractivity (Wildman–Crippen MR) is 115 cm³/mol. The van der Waals surface area contributed by atoms with E-state index in [1.165, 1.54) is 17.2 Å². The van der Waals surface area contributed by atoms with Crippen LogP contribution in [0.25, 0.3) is 0 Å². The number of carbonyl (C=O) groups excluding carboxylic acids is 2. The van der Waals surface area contributed by atoms with E-state index in [4.69, 9.17) is 4.84 Å². The number of nitrogens with zero attached hydrogens (tertiary/aromatic N) is 2. The van der Waals surface area contributed by atoms with Crippen molar-refractivity contribution in [2.45, 2.75) is 25.2 Å². The monoisotopic (exact) mass is 452 g/mol. The van der Waals surface area contributed by atoms with Crippen molar-refractivity contribution < 1.29 is 27.6 Å². The normalized spacial score (nSPS) is 22.7. The molecule has 168 valence electrons. The summed E-state index contributed by atoms with van der Waals surface area (Å²) in [4.78, 5) is 33.5. The molecule has 0 unspecified atom stereocenters. The highest BCUT2D eigenvalue weighted by Gasteiger charge is 2.61. The van der Waals surface area contributed by atoms with E-state index < -0.39 is 47.3 Å². The zero-order valence-corrected chi connectivity index (χ0v) is 17.5. The number of fused-ring (bicyclic) bond motifs is 1. The highest BCUT2D eigenvalue weighted by molar-refractivity contribution is 6.24. The van der Waals surface area contributed by atoms with Crippen molar-refractivity contribution in [2.24, 2.45) is 5.92 Å². The Bertz CT molecular complexity index is 1230. The summed E-state index contributed by atoms with van der Waals surface area (Å²) >= 11 is 0. The molecule has 2 saturated heterocycles.